The largest absolute Gasteiger partial charge is 0.481 e. The van der Waals surface area contributed by atoms with Gasteiger partial charge in [-0.05, 0) is 55.0 Å². The molecule has 0 bridgehead atoms. The average molecular weight is 536 g/mol. The summed E-state index contributed by atoms with van der Waals surface area (Å²) in [4.78, 5) is 26.9. The summed E-state index contributed by atoms with van der Waals surface area (Å²) in [7, 11) is 2.11. The van der Waals surface area contributed by atoms with Crippen LogP contribution in [0.2, 0.25) is 0 Å². The third kappa shape index (κ3) is 6.45. The predicted molar refractivity (Wildman–Crippen MR) is 148 cm³/mol. The summed E-state index contributed by atoms with van der Waals surface area (Å²) in [5.74, 6) is -1.05. The van der Waals surface area contributed by atoms with E-state index in [1.165, 1.54) is 0 Å². The van der Waals surface area contributed by atoms with E-state index in [2.05, 4.69) is 22.1 Å². The van der Waals surface area contributed by atoms with Gasteiger partial charge in [-0.2, -0.15) is 5.10 Å². The predicted octanol–water partition coefficient (Wildman–Crippen LogP) is 3.94. The van der Waals surface area contributed by atoms with Crippen molar-refractivity contribution in [3.63, 3.8) is 0 Å². The first-order chi connectivity index (χ1) is 16.3. The highest BCUT2D eigenvalue weighted by molar-refractivity contribution is 6.09. The lowest BCUT2D eigenvalue weighted by Crippen LogP contribution is -2.47. The van der Waals surface area contributed by atoms with E-state index in [1.807, 2.05) is 55.6 Å². The van der Waals surface area contributed by atoms with E-state index in [-0.39, 0.29) is 42.9 Å². The molecule has 0 saturated carbocycles. The van der Waals surface area contributed by atoms with Crippen LogP contribution in [0.15, 0.2) is 47.6 Å². The summed E-state index contributed by atoms with van der Waals surface area (Å²) in [5.41, 5.74) is 10.2. The van der Waals surface area contributed by atoms with Gasteiger partial charge in [-0.25, -0.2) is 0 Å². The van der Waals surface area contributed by atoms with Crippen molar-refractivity contribution < 1.29 is 14.7 Å². The minimum Gasteiger partial charge on any atom is -0.481 e. The van der Waals surface area contributed by atoms with Crippen LogP contribution in [0.25, 0.3) is 0 Å². The molecule has 1 aliphatic heterocycles. The Morgan fingerprint density at radius 3 is 2.33 bits per heavy atom. The van der Waals surface area contributed by atoms with Crippen LogP contribution in [-0.4, -0.2) is 66.2 Å². The topological polar surface area (TPSA) is 99.2 Å². The Balaban J connectivity index is 0.00000228. The van der Waals surface area contributed by atoms with Gasteiger partial charge in [0.15, 0.2) is 5.78 Å². The Morgan fingerprint density at radius 2 is 1.72 bits per heavy atom. The number of carboxylic acid groups (broad SMARTS) is 1. The zero-order valence-corrected chi connectivity index (χ0v) is 22.5. The monoisotopic (exact) mass is 534 g/mol. The average Bonchev–Trinajstić information content (AvgIpc) is 2.85. The van der Waals surface area contributed by atoms with Gasteiger partial charge in [0.2, 0.25) is 0 Å². The number of ketones is 1. The third-order valence-electron chi connectivity index (χ3n) is 7.39. The van der Waals surface area contributed by atoms with E-state index < -0.39 is 11.5 Å². The van der Waals surface area contributed by atoms with Gasteiger partial charge in [0.1, 0.15) is 0 Å². The van der Waals surface area contributed by atoms with Gasteiger partial charge in [-0.15, -0.1) is 24.8 Å². The van der Waals surface area contributed by atoms with Gasteiger partial charge in [0.25, 0.3) is 0 Å². The van der Waals surface area contributed by atoms with Crippen LogP contribution in [0.1, 0.15) is 58.8 Å². The maximum absolute atomic E-state index is 13.3. The zero-order valence-electron chi connectivity index (χ0n) is 20.9. The van der Waals surface area contributed by atoms with Crippen molar-refractivity contribution in [2.45, 2.75) is 38.1 Å². The Labute approximate surface area is 225 Å². The summed E-state index contributed by atoms with van der Waals surface area (Å²) in [6.45, 7) is 5.82. The van der Waals surface area contributed by atoms with Crippen LogP contribution in [0.3, 0.4) is 0 Å². The van der Waals surface area contributed by atoms with Crippen LogP contribution in [0.4, 0.5) is 0 Å². The molecule has 2 aromatic rings. The number of halogens is 2. The number of hydrazone groups is 1. The van der Waals surface area contributed by atoms with E-state index in [9.17, 15) is 14.7 Å². The van der Waals surface area contributed by atoms with Crippen molar-refractivity contribution in [3.8, 4) is 0 Å². The minimum atomic E-state index is -0.833. The number of benzene rings is 2. The molecule has 3 N–H and O–H groups in total. The molecule has 9 heteroatoms. The molecule has 2 unspecified atom stereocenters. The highest BCUT2D eigenvalue weighted by Gasteiger charge is 2.41. The van der Waals surface area contributed by atoms with Crippen molar-refractivity contribution in [2.75, 3.05) is 33.2 Å². The lowest BCUT2D eigenvalue weighted by molar-refractivity contribution is -0.139. The number of hydrogen-bond donors (Lipinski definition) is 2. The summed E-state index contributed by atoms with van der Waals surface area (Å²) >= 11 is 0. The number of nitrogens with two attached hydrogens (primary N) is 1. The smallest absolute Gasteiger partial charge is 0.303 e. The molecule has 1 aliphatic carbocycles. The Morgan fingerprint density at radius 1 is 1.08 bits per heavy atom. The van der Waals surface area contributed by atoms with Crippen LogP contribution >= 0.6 is 24.8 Å². The molecule has 0 amide bonds. The van der Waals surface area contributed by atoms with E-state index in [0.717, 1.165) is 55.7 Å². The van der Waals surface area contributed by atoms with Crippen molar-refractivity contribution >= 4 is 42.8 Å². The number of likely N-dealkylation sites (N-methyl/N-ethyl adjacent to an activating group) is 1. The normalized spacial score (nSPS) is 21.9. The molecule has 2 atom stereocenters. The van der Waals surface area contributed by atoms with Crippen molar-refractivity contribution in [1.82, 2.24) is 9.91 Å². The van der Waals surface area contributed by atoms with Gasteiger partial charge in [-0.3, -0.25) is 14.6 Å². The quantitative estimate of drug-likeness (QED) is 0.412. The van der Waals surface area contributed by atoms with E-state index in [0.29, 0.717) is 17.5 Å². The molecule has 0 radical (unpaired) electrons. The molecule has 1 saturated heterocycles. The number of aliphatic carboxylic acids is 1. The fourth-order valence-electron chi connectivity index (χ4n) is 5.10. The van der Waals surface area contributed by atoms with Gasteiger partial charge < -0.3 is 15.7 Å². The lowest BCUT2D eigenvalue weighted by atomic mass is 9.66. The number of carboxylic acids is 1. The van der Waals surface area contributed by atoms with Crippen LogP contribution < -0.4 is 5.73 Å². The van der Waals surface area contributed by atoms with Crippen LogP contribution in [0.5, 0.6) is 0 Å². The maximum Gasteiger partial charge on any atom is 0.303 e. The lowest BCUT2D eigenvalue weighted by Gasteiger charge is -2.42. The molecule has 2 aliphatic rings. The van der Waals surface area contributed by atoms with Crippen molar-refractivity contribution in [1.29, 1.82) is 0 Å². The second kappa shape index (κ2) is 12.7. The number of carbonyl (C=O) groups excluding carboxylic acids is 1. The van der Waals surface area contributed by atoms with E-state index in [4.69, 9.17) is 5.73 Å². The zero-order chi connectivity index (χ0) is 24.3. The number of hydrogen-bond acceptors (Lipinski definition) is 6. The number of fused-ring (bicyclic) bond motifs is 1. The second-order valence-corrected chi connectivity index (χ2v) is 9.55. The van der Waals surface area contributed by atoms with Gasteiger partial charge in [0, 0.05) is 42.8 Å². The molecule has 0 aromatic heterocycles. The highest BCUT2D eigenvalue weighted by Crippen LogP contribution is 2.42. The number of rotatable bonds is 7. The van der Waals surface area contributed by atoms with Gasteiger partial charge in [-0.1, -0.05) is 43.3 Å². The molecule has 4 rings (SSSR count). The van der Waals surface area contributed by atoms with E-state index in [1.54, 1.807) is 0 Å². The summed E-state index contributed by atoms with van der Waals surface area (Å²) < 4.78 is 0. The first kappa shape index (κ1) is 29.8. The SMILES string of the molecule is CCC1(N)c2cc(C(=O)c3ccc(C=NN4CCN(C)CC4)cc3)ccc2CCC1CC(=O)O.Cl.Cl. The van der Waals surface area contributed by atoms with Gasteiger partial charge >= 0.3 is 5.97 Å². The first-order valence-electron chi connectivity index (χ1n) is 12.1. The van der Waals surface area contributed by atoms with E-state index >= 15 is 0 Å². The highest BCUT2D eigenvalue weighted by atomic mass is 35.5. The van der Waals surface area contributed by atoms with Crippen LogP contribution in [-0.2, 0) is 16.8 Å². The standard InChI is InChI=1S/C27H34N4O3.2ClH/c1-3-27(28)23(17-25(32)33)11-10-20-8-9-22(16-24(20)27)26(34)21-6-4-19(5-7-21)18-29-31-14-12-30(2)13-15-31;;/h4-9,16,18,23H,3,10-15,17,28H2,1-2H3,(H,32,33);2*1H. The molecule has 0 spiro atoms. The molecule has 1 heterocycles. The summed E-state index contributed by atoms with van der Waals surface area (Å²) in [5, 5.41) is 16.0. The number of nitrogens with zero attached hydrogens (tertiary/aromatic N) is 3. The molecule has 36 heavy (non-hydrogen) atoms. The molecule has 196 valence electrons. The summed E-state index contributed by atoms with van der Waals surface area (Å²) in [6, 6.07) is 13.2. The van der Waals surface area contributed by atoms with Crippen molar-refractivity contribution in [2.24, 2.45) is 16.8 Å². The molecule has 2 aromatic carbocycles. The fourth-order valence-corrected chi connectivity index (χ4v) is 5.10. The molecule has 1 fully saturated rings. The second-order valence-electron chi connectivity index (χ2n) is 9.55. The summed E-state index contributed by atoms with van der Waals surface area (Å²) in [6.07, 6.45) is 4.03. The van der Waals surface area contributed by atoms with Crippen LogP contribution in [0, 0.1) is 5.92 Å². The minimum absolute atomic E-state index is 0. The third-order valence-corrected chi connectivity index (χ3v) is 7.39. The Kier molecular flexibility index (Phi) is 10.5. The number of carbonyl (C=O) groups is 2. The number of piperazine rings is 1. The molecular weight excluding hydrogens is 499 g/mol. The Bertz CT molecular complexity index is 1080. The maximum atomic E-state index is 13.3. The van der Waals surface area contributed by atoms with Gasteiger partial charge in [0.05, 0.1) is 12.6 Å². The first-order valence-corrected chi connectivity index (χ1v) is 12.1. The fraction of sp³-hybridized carbons (Fsp3) is 0.444. The molecular formula is C27H36Cl2N4O3. The Hall–Kier alpha value is -2.45. The number of aryl methyl sites for hydroxylation is 1. The van der Waals surface area contributed by atoms with Crippen molar-refractivity contribution in [3.05, 3.63) is 70.3 Å². The molecule has 7 nitrogen and oxygen atoms in total.